The Bertz CT molecular complexity index is 828. The first-order valence-corrected chi connectivity index (χ1v) is 8.77. The predicted molar refractivity (Wildman–Crippen MR) is 95.6 cm³/mol. The van der Waals surface area contributed by atoms with E-state index in [4.69, 9.17) is 9.15 Å². The first kappa shape index (κ1) is 16.6. The second-order valence-corrected chi connectivity index (χ2v) is 6.85. The lowest BCUT2D eigenvalue weighted by atomic mass is 10.0. The van der Waals surface area contributed by atoms with Gasteiger partial charge in [-0.1, -0.05) is 18.2 Å². The van der Waals surface area contributed by atoms with Crippen LogP contribution in [0.5, 0.6) is 11.5 Å². The van der Waals surface area contributed by atoms with Gasteiger partial charge in [-0.05, 0) is 13.0 Å². The lowest BCUT2D eigenvalue weighted by Crippen LogP contribution is -2.17. The number of methoxy groups -OCH3 is 1. The average molecular weight is 345 g/mol. The summed E-state index contributed by atoms with van der Waals surface area (Å²) in [7, 11) is 1.65. The van der Waals surface area contributed by atoms with Crippen LogP contribution in [-0.4, -0.2) is 30.2 Å². The molecule has 2 aromatic rings. The molecule has 3 rings (SSSR count). The van der Waals surface area contributed by atoms with Gasteiger partial charge in [-0.2, -0.15) is 11.8 Å². The number of aromatic hydroxyl groups is 1. The summed E-state index contributed by atoms with van der Waals surface area (Å²) in [6, 6.07) is 9.30. The zero-order chi connectivity index (χ0) is 17.1. The lowest BCUT2D eigenvalue weighted by Gasteiger charge is -2.18. The largest absolute Gasteiger partial charge is 0.507 e. The quantitative estimate of drug-likeness (QED) is 0.924. The molecule has 0 saturated carbocycles. The van der Waals surface area contributed by atoms with E-state index in [-0.39, 0.29) is 16.6 Å². The van der Waals surface area contributed by atoms with Gasteiger partial charge in [0.15, 0.2) is 0 Å². The monoisotopic (exact) mass is 345 g/mol. The normalized spacial score (nSPS) is 17.9. The standard InChI is InChI=1S/C18H19NO4S/c1-11-9-14(20)17(18(21)23-11)13-10-16(24-8-7-19-13)12-5-3-4-6-15(12)22-2/h3-6,9,16,20H,7-8,10H2,1-2H3/t16-/m0/s1. The second kappa shape index (κ2) is 7.13. The van der Waals surface area contributed by atoms with E-state index in [1.165, 1.54) is 6.07 Å². The van der Waals surface area contributed by atoms with E-state index in [9.17, 15) is 9.90 Å². The molecule has 126 valence electrons. The van der Waals surface area contributed by atoms with E-state index in [1.807, 2.05) is 24.3 Å². The molecule has 5 nitrogen and oxygen atoms in total. The number of nitrogens with zero attached hydrogens (tertiary/aromatic N) is 1. The first-order chi connectivity index (χ1) is 11.6. The SMILES string of the molecule is COc1ccccc1[C@@H]1CC(c2c(O)cc(C)oc2=O)=NCCS1. The summed E-state index contributed by atoms with van der Waals surface area (Å²) < 4.78 is 10.6. The number of aliphatic imine (C=N–C) groups is 1. The van der Waals surface area contributed by atoms with Crippen molar-refractivity contribution < 1.29 is 14.3 Å². The number of hydrogen-bond acceptors (Lipinski definition) is 6. The highest BCUT2D eigenvalue weighted by Crippen LogP contribution is 2.40. The second-order valence-electron chi connectivity index (χ2n) is 5.54. The Morgan fingerprint density at radius 1 is 1.38 bits per heavy atom. The van der Waals surface area contributed by atoms with Crippen molar-refractivity contribution in [3.05, 3.63) is 57.6 Å². The average Bonchev–Trinajstić information content (AvgIpc) is 2.80. The van der Waals surface area contributed by atoms with E-state index < -0.39 is 5.63 Å². The minimum absolute atomic E-state index is 0.0758. The first-order valence-electron chi connectivity index (χ1n) is 7.72. The van der Waals surface area contributed by atoms with Crippen LogP contribution in [0.2, 0.25) is 0 Å². The fourth-order valence-electron chi connectivity index (χ4n) is 2.85. The van der Waals surface area contributed by atoms with Crippen LogP contribution in [0.25, 0.3) is 0 Å². The maximum Gasteiger partial charge on any atom is 0.348 e. The third-order valence-electron chi connectivity index (χ3n) is 3.92. The molecule has 0 bridgehead atoms. The van der Waals surface area contributed by atoms with Gasteiger partial charge in [-0.3, -0.25) is 4.99 Å². The Hall–Kier alpha value is -2.21. The van der Waals surface area contributed by atoms with Crippen LogP contribution in [-0.2, 0) is 0 Å². The van der Waals surface area contributed by atoms with Gasteiger partial charge in [-0.25, -0.2) is 4.79 Å². The number of para-hydroxylation sites is 1. The van der Waals surface area contributed by atoms with E-state index in [2.05, 4.69) is 4.99 Å². The molecule has 0 aliphatic carbocycles. The number of ether oxygens (including phenoxy) is 1. The van der Waals surface area contributed by atoms with Crippen LogP contribution >= 0.6 is 11.8 Å². The number of hydrogen-bond donors (Lipinski definition) is 1. The fourth-order valence-corrected chi connectivity index (χ4v) is 3.98. The van der Waals surface area contributed by atoms with Crippen molar-refractivity contribution in [2.24, 2.45) is 4.99 Å². The highest BCUT2D eigenvalue weighted by Gasteiger charge is 2.25. The van der Waals surface area contributed by atoms with Crippen molar-refractivity contribution >= 4 is 17.5 Å². The molecule has 0 radical (unpaired) electrons. The van der Waals surface area contributed by atoms with E-state index in [1.54, 1.807) is 25.8 Å². The molecular formula is C18H19NO4S. The zero-order valence-corrected chi connectivity index (χ0v) is 14.4. The molecule has 0 unspecified atom stereocenters. The van der Waals surface area contributed by atoms with Crippen molar-refractivity contribution in [3.63, 3.8) is 0 Å². The van der Waals surface area contributed by atoms with Crippen LogP contribution in [0.4, 0.5) is 0 Å². The van der Waals surface area contributed by atoms with Crippen molar-refractivity contribution in [2.45, 2.75) is 18.6 Å². The highest BCUT2D eigenvalue weighted by molar-refractivity contribution is 7.99. The van der Waals surface area contributed by atoms with Crippen LogP contribution < -0.4 is 10.4 Å². The Morgan fingerprint density at radius 2 is 2.17 bits per heavy atom. The highest BCUT2D eigenvalue weighted by atomic mass is 32.2. The number of rotatable bonds is 3. The molecule has 0 fully saturated rings. The molecule has 1 aliphatic heterocycles. The van der Waals surface area contributed by atoms with Gasteiger partial charge in [0, 0.05) is 35.6 Å². The molecule has 1 aromatic carbocycles. The summed E-state index contributed by atoms with van der Waals surface area (Å²) in [5.74, 6) is 1.96. The van der Waals surface area contributed by atoms with Gasteiger partial charge >= 0.3 is 5.63 Å². The van der Waals surface area contributed by atoms with Gasteiger partial charge in [-0.15, -0.1) is 0 Å². The van der Waals surface area contributed by atoms with Crippen LogP contribution in [0.1, 0.15) is 28.6 Å². The zero-order valence-electron chi connectivity index (χ0n) is 13.6. The van der Waals surface area contributed by atoms with Gasteiger partial charge in [0.1, 0.15) is 22.8 Å². The van der Waals surface area contributed by atoms with Gasteiger partial charge < -0.3 is 14.3 Å². The van der Waals surface area contributed by atoms with Gasteiger partial charge in [0.2, 0.25) is 0 Å². The summed E-state index contributed by atoms with van der Waals surface area (Å²) in [4.78, 5) is 16.7. The molecule has 24 heavy (non-hydrogen) atoms. The van der Waals surface area contributed by atoms with Crippen molar-refractivity contribution in [2.75, 3.05) is 19.4 Å². The number of thioether (sulfide) groups is 1. The Labute approximate surface area is 144 Å². The summed E-state index contributed by atoms with van der Waals surface area (Å²) in [5.41, 5.74) is 1.28. The maximum atomic E-state index is 12.2. The molecule has 0 amide bonds. The Balaban J connectivity index is 1.99. The molecule has 2 heterocycles. The van der Waals surface area contributed by atoms with Crippen molar-refractivity contribution in [1.29, 1.82) is 0 Å². The van der Waals surface area contributed by atoms with E-state index in [0.29, 0.717) is 24.4 Å². The molecule has 1 aliphatic rings. The van der Waals surface area contributed by atoms with Crippen LogP contribution in [0, 0.1) is 6.92 Å². The molecule has 1 N–H and O–H groups in total. The molecule has 1 atom stereocenters. The molecule has 0 saturated heterocycles. The Kier molecular flexibility index (Phi) is 4.94. The Morgan fingerprint density at radius 3 is 2.92 bits per heavy atom. The lowest BCUT2D eigenvalue weighted by molar-refractivity contribution is 0.409. The van der Waals surface area contributed by atoms with Crippen LogP contribution in [0.3, 0.4) is 0 Å². The van der Waals surface area contributed by atoms with E-state index >= 15 is 0 Å². The molecule has 1 aromatic heterocycles. The summed E-state index contributed by atoms with van der Waals surface area (Å²) in [6.07, 6.45) is 0.534. The summed E-state index contributed by atoms with van der Waals surface area (Å²) in [5, 5.41) is 10.3. The molecular weight excluding hydrogens is 326 g/mol. The minimum atomic E-state index is -0.545. The third kappa shape index (κ3) is 3.33. The predicted octanol–water partition coefficient (Wildman–Crippen LogP) is 3.33. The summed E-state index contributed by atoms with van der Waals surface area (Å²) >= 11 is 1.77. The van der Waals surface area contributed by atoms with Gasteiger partial charge in [0.05, 0.1) is 12.8 Å². The van der Waals surface area contributed by atoms with E-state index in [0.717, 1.165) is 17.1 Å². The molecule has 6 heteroatoms. The van der Waals surface area contributed by atoms with Crippen molar-refractivity contribution in [3.8, 4) is 11.5 Å². The fraction of sp³-hybridized carbons (Fsp3) is 0.333. The minimum Gasteiger partial charge on any atom is -0.507 e. The smallest absolute Gasteiger partial charge is 0.348 e. The number of aryl methyl sites for hydroxylation is 1. The van der Waals surface area contributed by atoms with Crippen molar-refractivity contribution in [1.82, 2.24) is 0 Å². The third-order valence-corrected chi connectivity index (χ3v) is 5.16. The number of benzene rings is 1. The molecule has 0 spiro atoms. The van der Waals surface area contributed by atoms with Gasteiger partial charge in [0.25, 0.3) is 0 Å². The van der Waals surface area contributed by atoms with Crippen LogP contribution in [0.15, 0.2) is 44.5 Å². The topological polar surface area (TPSA) is 72.0 Å². The summed E-state index contributed by atoms with van der Waals surface area (Å²) in [6.45, 7) is 2.23. The maximum absolute atomic E-state index is 12.2.